The van der Waals surface area contributed by atoms with Crippen molar-refractivity contribution in [3.63, 3.8) is 0 Å². The summed E-state index contributed by atoms with van der Waals surface area (Å²) in [5, 5.41) is 12.2. The molecule has 0 saturated heterocycles. The van der Waals surface area contributed by atoms with Crippen LogP contribution in [0, 0.1) is 5.82 Å². The third-order valence-electron chi connectivity index (χ3n) is 3.43. The molecule has 22 heavy (non-hydrogen) atoms. The first kappa shape index (κ1) is 16.5. The molecule has 2 rings (SSSR count). The zero-order chi connectivity index (χ0) is 15.8. The van der Waals surface area contributed by atoms with Gasteiger partial charge in [0.25, 0.3) is 0 Å². The summed E-state index contributed by atoms with van der Waals surface area (Å²) >= 11 is 0. The Morgan fingerprint density at radius 1 is 1.14 bits per heavy atom. The van der Waals surface area contributed by atoms with Crippen molar-refractivity contribution in [2.24, 2.45) is 0 Å². The molecule has 0 spiro atoms. The van der Waals surface area contributed by atoms with Crippen LogP contribution in [0.4, 0.5) is 4.39 Å². The molecule has 0 aliphatic rings. The summed E-state index contributed by atoms with van der Waals surface area (Å²) in [6, 6.07) is 14.5. The molecule has 0 aliphatic heterocycles. The van der Waals surface area contributed by atoms with Gasteiger partial charge >= 0.3 is 0 Å². The quantitative estimate of drug-likeness (QED) is 0.786. The van der Waals surface area contributed by atoms with Gasteiger partial charge in [0, 0.05) is 19.2 Å². The van der Waals surface area contributed by atoms with Crippen LogP contribution in [0.15, 0.2) is 48.5 Å². The standard InChI is InChI=1S/C18H22FNO2/c1-14(9-10-21)20-12-16-3-2-4-18(11-16)22-13-15-5-7-17(19)8-6-15/h2-8,11,14,20-21H,9-10,12-13H2,1H3. The Kier molecular flexibility index (Phi) is 6.37. The molecule has 118 valence electrons. The maximum absolute atomic E-state index is 12.8. The van der Waals surface area contributed by atoms with Gasteiger partial charge in [-0.1, -0.05) is 24.3 Å². The lowest BCUT2D eigenvalue weighted by Crippen LogP contribution is -2.26. The van der Waals surface area contributed by atoms with E-state index in [-0.39, 0.29) is 18.5 Å². The van der Waals surface area contributed by atoms with E-state index in [0.29, 0.717) is 6.61 Å². The van der Waals surface area contributed by atoms with Gasteiger partial charge in [-0.2, -0.15) is 0 Å². The number of benzene rings is 2. The lowest BCUT2D eigenvalue weighted by Gasteiger charge is -2.13. The number of aliphatic hydroxyl groups is 1. The fourth-order valence-corrected chi connectivity index (χ4v) is 2.08. The van der Waals surface area contributed by atoms with Crippen LogP contribution < -0.4 is 10.1 Å². The van der Waals surface area contributed by atoms with Gasteiger partial charge in [0.05, 0.1) is 0 Å². The first-order chi connectivity index (χ1) is 10.7. The monoisotopic (exact) mass is 303 g/mol. The predicted molar refractivity (Wildman–Crippen MR) is 85.2 cm³/mol. The van der Waals surface area contributed by atoms with Crippen LogP contribution in [0.1, 0.15) is 24.5 Å². The summed E-state index contributed by atoms with van der Waals surface area (Å²) in [4.78, 5) is 0. The zero-order valence-electron chi connectivity index (χ0n) is 12.8. The topological polar surface area (TPSA) is 41.5 Å². The van der Waals surface area contributed by atoms with Crippen molar-refractivity contribution in [2.45, 2.75) is 32.5 Å². The summed E-state index contributed by atoms with van der Waals surface area (Å²) in [5.41, 5.74) is 2.06. The summed E-state index contributed by atoms with van der Waals surface area (Å²) in [5.74, 6) is 0.548. The fourth-order valence-electron chi connectivity index (χ4n) is 2.08. The highest BCUT2D eigenvalue weighted by Crippen LogP contribution is 2.15. The molecule has 2 N–H and O–H groups in total. The highest BCUT2D eigenvalue weighted by atomic mass is 19.1. The molecule has 0 radical (unpaired) electrons. The molecule has 3 nitrogen and oxygen atoms in total. The van der Waals surface area contributed by atoms with E-state index in [0.717, 1.165) is 29.8 Å². The van der Waals surface area contributed by atoms with Crippen molar-refractivity contribution < 1.29 is 14.2 Å². The smallest absolute Gasteiger partial charge is 0.123 e. The molecule has 4 heteroatoms. The molecule has 0 bridgehead atoms. The third-order valence-corrected chi connectivity index (χ3v) is 3.43. The average Bonchev–Trinajstić information content (AvgIpc) is 2.53. The maximum atomic E-state index is 12.8. The second kappa shape index (κ2) is 8.51. The fraction of sp³-hybridized carbons (Fsp3) is 0.333. The number of aliphatic hydroxyl groups excluding tert-OH is 1. The van der Waals surface area contributed by atoms with E-state index in [1.54, 1.807) is 12.1 Å². The van der Waals surface area contributed by atoms with Crippen LogP contribution in [0.25, 0.3) is 0 Å². The summed E-state index contributed by atoms with van der Waals surface area (Å²) < 4.78 is 18.6. The van der Waals surface area contributed by atoms with Gasteiger partial charge in [0.2, 0.25) is 0 Å². The number of hydrogen-bond acceptors (Lipinski definition) is 3. The molecule has 1 atom stereocenters. The molecule has 2 aromatic rings. The molecule has 0 heterocycles. The molecule has 2 aromatic carbocycles. The lowest BCUT2D eigenvalue weighted by atomic mass is 10.2. The Balaban J connectivity index is 1.86. The van der Waals surface area contributed by atoms with Crippen molar-refractivity contribution >= 4 is 0 Å². The van der Waals surface area contributed by atoms with E-state index in [2.05, 4.69) is 5.32 Å². The number of hydrogen-bond donors (Lipinski definition) is 2. The van der Waals surface area contributed by atoms with E-state index in [1.807, 2.05) is 31.2 Å². The van der Waals surface area contributed by atoms with E-state index >= 15 is 0 Å². The maximum Gasteiger partial charge on any atom is 0.123 e. The SMILES string of the molecule is CC(CCO)NCc1cccc(OCc2ccc(F)cc2)c1. The van der Waals surface area contributed by atoms with Gasteiger partial charge in [-0.3, -0.25) is 0 Å². The second-order valence-electron chi connectivity index (χ2n) is 5.36. The van der Waals surface area contributed by atoms with Crippen molar-refractivity contribution in [1.82, 2.24) is 5.32 Å². The molecule has 1 unspecified atom stereocenters. The Bertz CT molecular complexity index is 572. The molecular formula is C18H22FNO2. The van der Waals surface area contributed by atoms with E-state index in [9.17, 15) is 4.39 Å². The van der Waals surface area contributed by atoms with Crippen LogP contribution in [-0.4, -0.2) is 17.8 Å². The Morgan fingerprint density at radius 3 is 2.64 bits per heavy atom. The van der Waals surface area contributed by atoms with Crippen LogP contribution >= 0.6 is 0 Å². The lowest BCUT2D eigenvalue weighted by molar-refractivity contribution is 0.268. The second-order valence-corrected chi connectivity index (χ2v) is 5.36. The minimum absolute atomic E-state index is 0.189. The molecular weight excluding hydrogens is 281 g/mol. The van der Waals surface area contributed by atoms with Gasteiger partial charge in [-0.05, 0) is 48.7 Å². The number of ether oxygens (including phenoxy) is 1. The van der Waals surface area contributed by atoms with Crippen LogP contribution in [0.3, 0.4) is 0 Å². The van der Waals surface area contributed by atoms with Crippen LogP contribution in [0.5, 0.6) is 5.75 Å². The minimum atomic E-state index is -0.242. The largest absolute Gasteiger partial charge is 0.489 e. The molecule has 0 aromatic heterocycles. The Hall–Kier alpha value is -1.91. The minimum Gasteiger partial charge on any atom is -0.489 e. The summed E-state index contributed by atoms with van der Waals surface area (Å²) in [6.45, 7) is 3.38. The van der Waals surface area contributed by atoms with Crippen LogP contribution in [0.2, 0.25) is 0 Å². The molecule has 0 saturated carbocycles. The van der Waals surface area contributed by atoms with Gasteiger partial charge < -0.3 is 15.2 Å². The van der Waals surface area contributed by atoms with E-state index < -0.39 is 0 Å². The average molecular weight is 303 g/mol. The summed E-state index contributed by atoms with van der Waals surface area (Å²) in [6.07, 6.45) is 0.737. The first-order valence-corrected chi connectivity index (χ1v) is 7.48. The van der Waals surface area contributed by atoms with Gasteiger partial charge in [0.15, 0.2) is 0 Å². The predicted octanol–water partition coefficient (Wildman–Crippen LogP) is 3.27. The Labute approximate surface area is 130 Å². The van der Waals surface area contributed by atoms with Gasteiger partial charge in [0.1, 0.15) is 18.2 Å². The van der Waals surface area contributed by atoms with Crippen molar-refractivity contribution in [2.75, 3.05) is 6.61 Å². The molecule has 0 amide bonds. The normalized spacial score (nSPS) is 12.1. The zero-order valence-corrected chi connectivity index (χ0v) is 12.8. The summed E-state index contributed by atoms with van der Waals surface area (Å²) in [7, 11) is 0. The highest BCUT2D eigenvalue weighted by Gasteiger charge is 2.02. The van der Waals surface area contributed by atoms with Gasteiger partial charge in [-0.25, -0.2) is 4.39 Å². The number of nitrogens with one attached hydrogen (secondary N) is 1. The molecule has 0 fully saturated rings. The van der Waals surface area contributed by atoms with E-state index in [1.165, 1.54) is 12.1 Å². The number of rotatable bonds is 8. The number of halogens is 1. The van der Waals surface area contributed by atoms with Crippen molar-refractivity contribution in [3.8, 4) is 5.75 Å². The van der Waals surface area contributed by atoms with E-state index in [4.69, 9.17) is 9.84 Å². The van der Waals surface area contributed by atoms with Gasteiger partial charge in [-0.15, -0.1) is 0 Å². The Morgan fingerprint density at radius 2 is 1.91 bits per heavy atom. The highest BCUT2D eigenvalue weighted by molar-refractivity contribution is 5.29. The van der Waals surface area contributed by atoms with Crippen molar-refractivity contribution in [3.05, 3.63) is 65.5 Å². The van der Waals surface area contributed by atoms with Crippen molar-refractivity contribution in [1.29, 1.82) is 0 Å². The molecule has 0 aliphatic carbocycles. The third kappa shape index (κ3) is 5.47. The first-order valence-electron chi connectivity index (χ1n) is 7.48. The van der Waals surface area contributed by atoms with Crippen LogP contribution in [-0.2, 0) is 13.2 Å².